The van der Waals surface area contributed by atoms with Gasteiger partial charge in [0.2, 0.25) is 0 Å². The smallest absolute Gasteiger partial charge is 0.123 e. The summed E-state index contributed by atoms with van der Waals surface area (Å²) in [6, 6.07) is 4.17. The number of hydrogen-bond acceptors (Lipinski definition) is 5. The van der Waals surface area contributed by atoms with Crippen LogP contribution in [0.25, 0.3) is 11.3 Å². The second-order valence-corrected chi connectivity index (χ2v) is 10.7. The van der Waals surface area contributed by atoms with E-state index in [1.54, 1.807) is 11.3 Å². The largest absolute Gasteiger partial charge is 0.507 e. The third-order valence-electron chi connectivity index (χ3n) is 5.18. The van der Waals surface area contributed by atoms with Gasteiger partial charge in [0.15, 0.2) is 0 Å². The third-order valence-corrected chi connectivity index (χ3v) is 6.01. The summed E-state index contributed by atoms with van der Waals surface area (Å²) in [4.78, 5) is 7.11. The van der Waals surface area contributed by atoms with Crippen LogP contribution in [0.15, 0.2) is 17.5 Å². The number of benzene rings is 1. The second kappa shape index (κ2) is 8.31. The standard InChI is InChI=1S/C22H32N2O2S.ClH/c1-21(2,3)16-9-14(10-17(20(16)26)22(4,5)6)18-13-27-19(23-18)12-24-8-7-15(25)11-24;/h9-10,13,15,25-26H,7-8,11-12H2,1-6H3;1H. The number of halogens is 1. The molecule has 4 nitrogen and oxygen atoms in total. The summed E-state index contributed by atoms with van der Waals surface area (Å²) in [5.41, 5.74) is 3.65. The first-order valence-electron chi connectivity index (χ1n) is 9.68. The fourth-order valence-corrected chi connectivity index (χ4v) is 4.43. The lowest BCUT2D eigenvalue weighted by Gasteiger charge is -2.28. The Morgan fingerprint density at radius 2 is 1.68 bits per heavy atom. The number of rotatable bonds is 3. The van der Waals surface area contributed by atoms with Crippen molar-refractivity contribution in [3.8, 4) is 17.0 Å². The van der Waals surface area contributed by atoms with Gasteiger partial charge in [-0.2, -0.15) is 0 Å². The van der Waals surface area contributed by atoms with E-state index in [-0.39, 0.29) is 29.3 Å². The Bertz CT molecular complexity index is 786. The maximum atomic E-state index is 10.9. The van der Waals surface area contributed by atoms with Crippen molar-refractivity contribution >= 4 is 23.7 Å². The maximum absolute atomic E-state index is 10.9. The summed E-state index contributed by atoms with van der Waals surface area (Å²) in [6.07, 6.45) is 0.644. The van der Waals surface area contributed by atoms with E-state index in [2.05, 4.69) is 64.0 Å². The summed E-state index contributed by atoms with van der Waals surface area (Å²) in [5.74, 6) is 0.403. The molecular weight excluding hydrogens is 392 g/mol. The van der Waals surface area contributed by atoms with E-state index >= 15 is 0 Å². The van der Waals surface area contributed by atoms with Gasteiger partial charge in [-0.25, -0.2) is 4.98 Å². The van der Waals surface area contributed by atoms with Crippen LogP contribution in [0, 0.1) is 0 Å². The van der Waals surface area contributed by atoms with Gasteiger partial charge in [-0.3, -0.25) is 4.90 Å². The molecule has 1 saturated heterocycles. The van der Waals surface area contributed by atoms with Crippen LogP contribution in [0.1, 0.15) is 64.1 Å². The molecule has 3 rings (SSSR count). The molecule has 0 spiro atoms. The number of aromatic nitrogens is 1. The minimum absolute atomic E-state index is 0. The van der Waals surface area contributed by atoms with Crippen LogP contribution in [0.3, 0.4) is 0 Å². The second-order valence-electron chi connectivity index (χ2n) is 9.72. The lowest BCUT2D eigenvalue weighted by Crippen LogP contribution is -2.21. The molecule has 2 heterocycles. The molecule has 28 heavy (non-hydrogen) atoms. The molecular formula is C22H33ClN2O2S. The zero-order chi connectivity index (χ0) is 20.0. The number of phenols is 1. The fraction of sp³-hybridized carbons (Fsp3) is 0.591. The molecule has 0 amide bonds. The Hall–Kier alpha value is -1.14. The van der Waals surface area contributed by atoms with E-state index in [0.29, 0.717) is 5.75 Å². The van der Waals surface area contributed by atoms with E-state index in [4.69, 9.17) is 4.98 Å². The van der Waals surface area contributed by atoms with Crippen molar-refractivity contribution in [2.24, 2.45) is 0 Å². The monoisotopic (exact) mass is 424 g/mol. The van der Waals surface area contributed by atoms with E-state index in [1.165, 1.54) is 0 Å². The molecule has 1 unspecified atom stereocenters. The quantitative estimate of drug-likeness (QED) is 0.719. The molecule has 2 aromatic rings. The predicted octanol–water partition coefficient (Wildman–Crippen LogP) is 5.10. The van der Waals surface area contributed by atoms with Gasteiger partial charge in [-0.1, -0.05) is 41.5 Å². The summed E-state index contributed by atoms with van der Waals surface area (Å²) in [5, 5.41) is 23.8. The Kier molecular flexibility index (Phi) is 6.87. The Balaban J connectivity index is 0.00000280. The number of thiazole rings is 1. The normalized spacial score (nSPS) is 18.3. The maximum Gasteiger partial charge on any atom is 0.123 e. The van der Waals surface area contributed by atoms with Crippen molar-refractivity contribution in [2.75, 3.05) is 13.1 Å². The molecule has 2 N–H and O–H groups in total. The highest BCUT2D eigenvalue weighted by atomic mass is 35.5. The predicted molar refractivity (Wildman–Crippen MR) is 120 cm³/mol. The number of likely N-dealkylation sites (tertiary alicyclic amines) is 1. The minimum atomic E-state index is -0.204. The van der Waals surface area contributed by atoms with E-state index < -0.39 is 0 Å². The summed E-state index contributed by atoms with van der Waals surface area (Å²) in [6.45, 7) is 15.2. The van der Waals surface area contributed by atoms with Crippen molar-refractivity contribution in [1.29, 1.82) is 0 Å². The minimum Gasteiger partial charge on any atom is -0.507 e. The average Bonchev–Trinajstić information content (AvgIpc) is 3.15. The van der Waals surface area contributed by atoms with Gasteiger partial charge in [0.1, 0.15) is 10.8 Å². The Morgan fingerprint density at radius 1 is 1.11 bits per heavy atom. The van der Waals surface area contributed by atoms with Crippen molar-refractivity contribution in [2.45, 2.75) is 71.4 Å². The zero-order valence-corrected chi connectivity index (χ0v) is 19.4. The van der Waals surface area contributed by atoms with Gasteiger partial charge in [0.25, 0.3) is 0 Å². The average molecular weight is 425 g/mol. The molecule has 1 atom stereocenters. The molecule has 0 bridgehead atoms. The number of aliphatic hydroxyl groups is 1. The van der Waals surface area contributed by atoms with Crippen molar-refractivity contribution in [3.05, 3.63) is 33.6 Å². The highest BCUT2D eigenvalue weighted by Crippen LogP contribution is 2.42. The topological polar surface area (TPSA) is 56.6 Å². The van der Waals surface area contributed by atoms with Crippen LogP contribution in [0.4, 0.5) is 0 Å². The number of phenolic OH excluding ortho intramolecular Hbond substituents is 1. The van der Waals surface area contributed by atoms with Crippen LogP contribution in [0.5, 0.6) is 5.75 Å². The molecule has 0 saturated carbocycles. The molecule has 1 aliphatic rings. The van der Waals surface area contributed by atoms with Crippen LogP contribution in [-0.2, 0) is 17.4 Å². The molecule has 0 aliphatic carbocycles. The number of aliphatic hydroxyl groups excluding tert-OH is 1. The zero-order valence-electron chi connectivity index (χ0n) is 17.7. The first kappa shape index (κ1) is 23.1. The van der Waals surface area contributed by atoms with E-state index in [9.17, 15) is 10.2 Å². The molecule has 1 aromatic heterocycles. The first-order chi connectivity index (χ1) is 12.4. The lowest BCUT2D eigenvalue weighted by molar-refractivity contribution is 0.175. The first-order valence-corrected chi connectivity index (χ1v) is 10.6. The van der Waals surface area contributed by atoms with Crippen LogP contribution in [-0.4, -0.2) is 39.3 Å². The van der Waals surface area contributed by atoms with Crippen LogP contribution >= 0.6 is 23.7 Å². The third kappa shape index (κ3) is 5.07. The fourth-order valence-electron chi connectivity index (χ4n) is 3.59. The van der Waals surface area contributed by atoms with Gasteiger partial charge in [-0.15, -0.1) is 23.7 Å². The summed E-state index contributed by atoms with van der Waals surface area (Å²) < 4.78 is 0. The highest BCUT2D eigenvalue weighted by molar-refractivity contribution is 7.09. The molecule has 6 heteroatoms. The number of hydrogen-bond donors (Lipinski definition) is 2. The summed E-state index contributed by atoms with van der Waals surface area (Å²) in [7, 11) is 0. The van der Waals surface area contributed by atoms with Crippen molar-refractivity contribution < 1.29 is 10.2 Å². The van der Waals surface area contributed by atoms with Gasteiger partial charge >= 0.3 is 0 Å². The van der Waals surface area contributed by atoms with E-state index in [0.717, 1.165) is 53.4 Å². The summed E-state index contributed by atoms with van der Waals surface area (Å²) >= 11 is 1.67. The van der Waals surface area contributed by atoms with Gasteiger partial charge in [0.05, 0.1) is 18.3 Å². The SMILES string of the molecule is CC(C)(C)c1cc(-c2csc(CN3CCC(O)C3)n2)cc(C(C)(C)C)c1O.Cl. The molecule has 1 aliphatic heterocycles. The Morgan fingerprint density at radius 3 is 2.14 bits per heavy atom. The van der Waals surface area contributed by atoms with E-state index in [1.807, 2.05) is 0 Å². The number of β-amino-alcohol motifs (C(OH)–C–C–N with tert-alkyl or cyclic N) is 1. The Labute approximate surface area is 179 Å². The number of nitrogens with zero attached hydrogens (tertiary/aromatic N) is 2. The highest BCUT2D eigenvalue weighted by Gasteiger charge is 2.27. The van der Waals surface area contributed by atoms with Gasteiger partial charge < -0.3 is 10.2 Å². The lowest BCUT2D eigenvalue weighted by atomic mass is 9.78. The molecule has 156 valence electrons. The molecule has 0 radical (unpaired) electrons. The number of aromatic hydroxyl groups is 1. The van der Waals surface area contributed by atoms with Gasteiger partial charge in [0, 0.05) is 35.2 Å². The molecule has 1 aromatic carbocycles. The molecule has 1 fully saturated rings. The van der Waals surface area contributed by atoms with Crippen LogP contribution < -0.4 is 0 Å². The van der Waals surface area contributed by atoms with Crippen molar-refractivity contribution in [1.82, 2.24) is 9.88 Å². The van der Waals surface area contributed by atoms with Crippen molar-refractivity contribution in [3.63, 3.8) is 0 Å². The van der Waals surface area contributed by atoms with Gasteiger partial charge in [-0.05, 0) is 29.4 Å². The van der Waals surface area contributed by atoms with Crippen LogP contribution in [0.2, 0.25) is 0 Å².